The quantitative estimate of drug-likeness (QED) is 0.454. The van der Waals surface area contributed by atoms with Crippen molar-refractivity contribution in [2.75, 3.05) is 13.1 Å². The van der Waals surface area contributed by atoms with Gasteiger partial charge in [0.2, 0.25) is 0 Å². The van der Waals surface area contributed by atoms with Crippen molar-refractivity contribution in [2.45, 2.75) is 39.2 Å². The molecule has 0 atom stereocenters. The monoisotopic (exact) mass is 417 g/mol. The Bertz CT molecular complexity index is 1180. The predicted molar refractivity (Wildman–Crippen MR) is 124 cm³/mol. The minimum absolute atomic E-state index is 0.179. The standard InChI is InChI=1S/C25H27N3OS/c1-17-14-22(18(2)28(17)16-20-6-5-13-30-20)25(29)27-11-9-19(10-12-27)23-15-26-24-8-4-3-7-21(23)24/h3-8,13-15,19,26H,9-12,16H2,1-2H3. The zero-order valence-electron chi connectivity index (χ0n) is 17.5. The molecule has 4 heterocycles. The molecule has 0 aliphatic carbocycles. The molecule has 0 radical (unpaired) electrons. The summed E-state index contributed by atoms with van der Waals surface area (Å²) in [5, 5.41) is 3.42. The molecule has 5 heteroatoms. The summed E-state index contributed by atoms with van der Waals surface area (Å²) in [5.74, 6) is 0.689. The molecule has 154 valence electrons. The summed E-state index contributed by atoms with van der Waals surface area (Å²) < 4.78 is 2.26. The number of amides is 1. The van der Waals surface area contributed by atoms with Crippen molar-refractivity contribution in [3.8, 4) is 0 Å². The molecule has 1 N–H and O–H groups in total. The van der Waals surface area contributed by atoms with Crippen molar-refractivity contribution in [1.29, 1.82) is 0 Å². The lowest BCUT2D eigenvalue weighted by molar-refractivity contribution is 0.0712. The number of carbonyl (C=O) groups excluding carboxylic acids is 1. The van der Waals surface area contributed by atoms with E-state index >= 15 is 0 Å². The average Bonchev–Trinajstić information content (AvgIpc) is 3.50. The molecule has 0 unspecified atom stereocenters. The van der Waals surface area contributed by atoms with E-state index in [1.165, 1.54) is 21.3 Å². The van der Waals surface area contributed by atoms with Crippen LogP contribution < -0.4 is 0 Å². The van der Waals surface area contributed by atoms with Gasteiger partial charge in [-0.3, -0.25) is 4.79 Å². The number of nitrogens with one attached hydrogen (secondary N) is 1. The van der Waals surface area contributed by atoms with Crippen LogP contribution in [0.4, 0.5) is 0 Å². The highest BCUT2D eigenvalue weighted by atomic mass is 32.1. The SMILES string of the molecule is Cc1cc(C(=O)N2CCC(c3c[nH]c4ccccc34)CC2)c(C)n1Cc1cccs1. The van der Waals surface area contributed by atoms with Gasteiger partial charge in [0.25, 0.3) is 5.91 Å². The predicted octanol–water partition coefficient (Wildman–Crippen LogP) is 5.72. The number of piperidine rings is 1. The molecule has 0 bridgehead atoms. The Morgan fingerprint density at radius 3 is 2.70 bits per heavy atom. The van der Waals surface area contributed by atoms with E-state index in [2.05, 4.69) is 77.4 Å². The van der Waals surface area contributed by atoms with Gasteiger partial charge in [-0.15, -0.1) is 11.3 Å². The molecule has 0 saturated carbocycles. The topological polar surface area (TPSA) is 41.0 Å². The molecule has 3 aromatic heterocycles. The zero-order valence-corrected chi connectivity index (χ0v) is 18.3. The van der Waals surface area contributed by atoms with Crippen LogP contribution in [0, 0.1) is 13.8 Å². The second kappa shape index (κ2) is 7.80. The summed E-state index contributed by atoms with van der Waals surface area (Å²) in [7, 11) is 0. The molecule has 1 amide bonds. The van der Waals surface area contributed by atoms with Gasteiger partial charge >= 0.3 is 0 Å². The first-order valence-corrected chi connectivity index (χ1v) is 11.5. The molecule has 0 spiro atoms. The number of aromatic nitrogens is 2. The highest BCUT2D eigenvalue weighted by molar-refractivity contribution is 7.09. The molecular formula is C25H27N3OS. The number of hydrogen-bond donors (Lipinski definition) is 1. The van der Waals surface area contributed by atoms with Crippen LogP contribution in [0.25, 0.3) is 10.9 Å². The van der Waals surface area contributed by atoms with Crippen LogP contribution in [0.5, 0.6) is 0 Å². The number of para-hydroxylation sites is 1. The molecule has 4 nitrogen and oxygen atoms in total. The lowest BCUT2D eigenvalue weighted by atomic mass is 9.89. The first kappa shape index (κ1) is 19.2. The van der Waals surface area contributed by atoms with E-state index in [9.17, 15) is 4.79 Å². The van der Waals surface area contributed by atoms with Crippen molar-refractivity contribution in [3.63, 3.8) is 0 Å². The molecule has 1 aliphatic rings. The maximum Gasteiger partial charge on any atom is 0.255 e. The van der Waals surface area contributed by atoms with Crippen molar-refractivity contribution < 1.29 is 4.79 Å². The van der Waals surface area contributed by atoms with Gasteiger partial charge in [0.15, 0.2) is 0 Å². The fraction of sp³-hybridized carbons (Fsp3) is 0.320. The van der Waals surface area contributed by atoms with E-state index in [1.807, 2.05) is 4.90 Å². The fourth-order valence-corrected chi connectivity index (χ4v) is 5.51. The highest BCUT2D eigenvalue weighted by Crippen LogP contribution is 2.33. The van der Waals surface area contributed by atoms with Crippen LogP contribution in [-0.4, -0.2) is 33.4 Å². The van der Waals surface area contributed by atoms with E-state index in [0.29, 0.717) is 5.92 Å². The Balaban J connectivity index is 1.30. The second-order valence-electron chi connectivity index (χ2n) is 8.31. The number of benzene rings is 1. The summed E-state index contributed by atoms with van der Waals surface area (Å²) in [4.78, 5) is 20.1. The van der Waals surface area contributed by atoms with E-state index < -0.39 is 0 Å². The molecule has 5 rings (SSSR count). The Morgan fingerprint density at radius 2 is 1.93 bits per heavy atom. The molecule has 1 saturated heterocycles. The minimum atomic E-state index is 0.179. The number of fused-ring (bicyclic) bond motifs is 1. The lowest BCUT2D eigenvalue weighted by Crippen LogP contribution is -2.38. The van der Waals surface area contributed by atoms with Gasteiger partial charge in [-0.25, -0.2) is 0 Å². The largest absolute Gasteiger partial charge is 0.361 e. The van der Waals surface area contributed by atoms with Crippen LogP contribution in [0.15, 0.2) is 54.0 Å². The Hall–Kier alpha value is -2.79. The van der Waals surface area contributed by atoms with E-state index in [-0.39, 0.29) is 5.91 Å². The van der Waals surface area contributed by atoms with Crippen LogP contribution in [0.2, 0.25) is 0 Å². The molecule has 1 aromatic carbocycles. The third kappa shape index (κ3) is 3.37. The number of thiophene rings is 1. The first-order chi connectivity index (χ1) is 14.6. The summed E-state index contributed by atoms with van der Waals surface area (Å²) >= 11 is 1.76. The van der Waals surface area contributed by atoms with Gasteiger partial charge in [0.05, 0.1) is 12.1 Å². The smallest absolute Gasteiger partial charge is 0.255 e. The molecule has 30 heavy (non-hydrogen) atoms. The van der Waals surface area contributed by atoms with Gasteiger partial charge in [0.1, 0.15) is 0 Å². The maximum absolute atomic E-state index is 13.3. The lowest BCUT2D eigenvalue weighted by Gasteiger charge is -2.32. The summed E-state index contributed by atoms with van der Waals surface area (Å²) in [5.41, 5.74) is 5.67. The third-order valence-corrected chi connectivity index (χ3v) is 7.40. The van der Waals surface area contributed by atoms with Gasteiger partial charge in [-0.1, -0.05) is 24.3 Å². The van der Waals surface area contributed by atoms with Gasteiger partial charge < -0.3 is 14.5 Å². The van der Waals surface area contributed by atoms with E-state index in [0.717, 1.165) is 49.4 Å². The molecule has 1 fully saturated rings. The summed E-state index contributed by atoms with van der Waals surface area (Å²) in [6.45, 7) is 6.65. The van der Waals surface area contributed by atoms with Crippen molar-refractivity contribution >= 4 is 28.1 Å². The number of likely N-dealkylation sites (tertiary alicyclic amines) is 1. The highest BCUT2D eigenvalue weighted by Gasteiger charge is 2.28. The average molecular weight is 418 g/mol. The summed E-state index contributed by atoms with van der Waals surface area (Å²) in [6.07, 6.45) is 4.19. The number of rotatable bonds is 4. The number of aryl methyl sites for hydroxylation is 1. The Kier molecular flexibility index (Phi) is 4.99. The Morgan fingerprint density at radius 1 is 1.13 bits per heavy atom. The second-order valence-corrected chi connectivity index (χ2v) is 9.34. The molecular weight excluding hydrogens is 390 g/mol. The number of hydrogen-bond acceptors (Lipinski definition) is 2. The van der Waals surface area contributed by atoms with Gasteiger partial charge in [0, 0.05) is 46.5 Å². The number of aromatic amines is 1. The number of H-pyrrole nitrogens is 1. The minimum Gasteiger partial charge on any atom is -0.361 e. The third-order valence-electron chi connectivity index (χ3n) is 6.54. The molecule has 4 aromatic rings. The maximum atomic E-state index is 13.3. The van der Waals surface area contributed by atoms with Crippen molar-refractivity contribution in [2.24, 2.45) is 0 Å². The van der Waals surface area contributed by atoms with Crippen molar-refractivity contribution in [1.82, 2.24) is 14.5 Å². The molecule has 1 aliphatic heterocycles. The zero-order chi connectivity index (χ0) is 20.7. The van der Waals surface area contributed by atoms with Gasteiger partial charge in [-0.05, 0) is 61.7 Å². The van der Waals surface area contributed by atoms with Crippen LogP contribution in [0.1, 0.15) is 50.9 Å². The van der Waals surface area contributed by atoms with Gasteiger partial charge in [-0.2, -0.15) is 0 Å². The van der Waals surface area contributed by atoms with Crippen LogP contribution >= 0.6 is 11.3 Å². The fourth-order valence-electron chi connectivity index (χ4n) is 4.81. The van der Waals surface area contributed by atoms with Crippen molar-refractivity contribution in [3.05, 3.63) is 81.4 Å². The van der Waals surface area contributed by atoms with Crippen LogP contribution in [-0.2, 0) is 6.54 Å². The van der Waals surface area contributed by atoms with E-state index in [4.69, 9.17) is 0 Å². The summed E-state index contributed by atoms with van der Waals surface area (Å²) in [6, 6.07) is 14.8. The Labute approximate surface area is 181 Å². The number of nitrogens with zero attached hydrogens (tertiary/aromatic N) is 2. The van der Waals surface area contributed by atoms with Crippen LogP contribution in [0.3, 0.4) is 0 Å². The van der Waals surface area contributed by atoms with E-state index in [1.54, 1.807) is 11.3 Å². The first-order valence-electron chi connectivity index (χ1n) is 10.7. The number of carbonyl (C=O) groups is 1. The normalized spacial score (nSPS) is 15.2.